The van der Waals surface area contributed by atoms with Gasteiger partial charge in [0.25, 0.3) is 5.91 Å². The van der Waals surface area contributed by atoms with E-state index in [4.69, 9.17) is 0 Å². The zero-order valence-corrected chi connectivity index (χ0v) is 16.8. The second kappa shape index (κ2) is 8.25. The second-order valence-electron chi connectivity index (χ2n) is 7.07. The van der Waals surface area contributed by atoms with Crippen LogP contribution in [0.2, 0.25) is 0 Å². The van der Waals surface area contributed by atoms with E-state index in [0.717, 1.165) is 34.5 Å². The Morgan fingerprint density at radius 1 is 1.11 bits per heavy atom. The van der Waals surface area contributed by atoms with Gasteiger partial charge in [0.05, 0.1) is 24.1 Å². The van der Waals surface area contributed by atoms with Crippen LogP contribution >= 0.6 is 0 Å². The maximum absolute atomic E-state index is 12.5. The molecule has 2 amide bonds. The first kappa shape index (κ1) is 19.6. The first-order valence-electron chi connectivity index (χ1n) is 9.43. The van der Waals surface area contributed by atoms with Gasteiger partial charge in [-0.05, 0) is 45.0 Å². The molecule has 1 N–H and O–H groups in total. The van der Waals surface area contributed by atoms with E-state index in [2.05, 4.69) is 21.8 Å². The van der Waals surface area contributed by atoms with Crippen LogP contribution in [-0.4, -0.2) is 39.9 Å². The molecule has 0 bridgehead atoms. The van der Waals surface area contributed by atoms with Gasteiger partial charge in [-0.15, -0.1) is 0 Å². The fourth-order valence-electron chi connectivity index (χ4n) is 3.40. The summed E-state index contributed by atoms with van der Waals surface area (Å²) >= 11 is 0. The van der Waals surface area contributed by atoms with Gasteiger partial charge in [-0.2, -0.15) is 0 Å². The highest BCUT2D eigenvalue weighted by molar-refractivity contribution is 5.96. The number of carbonyl (C=O) groups is 2. The van der Waals surface area contributed by atoms with Crippen molar-refractivity contribution in [3.8, 4) is 0 Å². The first-order chi connectivity index (χ1) is 13.4. The minimum absolute atomic E-state index is 0.0469. The first-order valence-corrected chi connectivity index (χ1v) is 9.43. The molecule has 2 aromatic carbocycles. The topological polar surface area (TPSA) is 67.2 Å². The molecule has 6 heteroatoms. The molecule has 146 valence electrons. The van der Waals surface area contributed by atoms with Crippen molar-refractivity contribution in [2.75, 3.05) is 13.6 Å². The van der Waals surface area contributed by atoms with Gasteiger partial charge in [-0.3, -0.25) is 9.59 Å². The average molecular weight is 378 g/mol. The third kappa shape index (κ3) is 4.22. The number of fused-ring (bicyclic) bond motifs is 1. The van der Waals surface area contributed by atoms with Crippen molar-refractivity contribution in [1.82, 2.24) is 19.8 Å². The fourth-order valence-corrected chi connectivity index (χ4v) is 3.40. The molecule has 0 aliphatic heterocycles. The number of likely N-dealkylation sites (N-methyl/N-ethyl adjacent to an activating group) is 1. The van der Waals surface area contributed by atoms with Crippen LogP contribution in [0.5, 0.6) is 0 Å². The highest BCUT2D eigenvalue weighted by Crippen LogP contribution is 2.17. The molecule has 1 aromatic heterocycles. The van der Waals surface area contributed by atoms with Crippen LogP contribution < -0.4 is 5.32 Å². The van der Waals surface area contributed by atoms with Crippen molar-refractivity contribution in [2.45, 2.75) is 33.9 Å². The standard InChI is InChI=1S/C22H26N4O2/c1-5-26-19-9-7-6-8-18(19)24-20(26)14-25(4)21(27)13-23-22(28)17-11-15(2)10-16(3)12-17/h6-12H,5,13-14H2,1-4H3,(H,23,28). The number of benzene rings is 2. The summed E-state index contributed by atoms with van der Waals surface area (Å²) in [4.78, 5) is 31.1. The lowest BCUT2D eigenvalue weighted by Gasteiger charge is -2.18. The number of carbonyl (C=O) groups excluding carboxylic acids is 2. The summed E-state index contributed by atoms with van der Waals surface area (Å²) in [6, 6.07) is 13.6. The van der Waals surface area contributed by atoms with E-state index in [9.17, 15) is 9.59 Å². The Bertz CT molecular complexity index is 1000. The van der Waals surface area contributed by atoms with Crippen molar-refractivity contribution in [3.05, 3.63) is 65.0 Å². The van der Waals surface area contributed by atoms with E-state index in [-0.39, 0.29) is 18.4 Å². The molecule has 0 aliphatic carbocycles. The number of aryl methyl sites for hydroxylation is 3. The Morgan fingerprint density at radius 2 is 1.79 bits per heavy atom. The smallest absolute Gasteiger partial charge is 0.251 e. The van der Waals surface area contributed by atoms with E-state index >= 15 is 0 Å². The van der Waals surface area contributed by atoms with Crippen molar-refractivity contribution < 1.29 is 9.59 Å². The number of imidazole rings is 1. The molecule has 0 radical (unpaired) electrons. The number of rotatable bonds is 6. The lowest BCUT2D eigenvalue weighted by molar-refractivity contribution is -0.129. The fraction of sp³-hybridized carbons (Fsp3) is 0.318. The van der Waals surface area contributed by atoms with Gasteiger partial charge in [0.15, 0.2) is 0 Å². The average Bonchev–Trinajstić information content (AvgIpc) is 3.01. The number of aromatic nitrogens is 2. The monoisotopic (exact) mass is 378 g/mol. The third-order valence-electron chi connectivity index (χ3n) is 4.74. The molecular formula is C22H26N4O2. The van der Waals surface area contributed by atoms with Gasteiger partial charge in [-0.1, -0.05) is 29.3 Å². The summed E-state index contributed by atoms with van der Waals surface area (Å²) in [5, 5.41) is 2.72. The van der Waals surface area contributed by atoms with E-state index in [1.165, 1.54) is 0 Å². The summed E-state index contributed by atoms with van der Waals surface area (Å²) in [5.41, 5.74) is 4.59. The van der Waals surface area contributed by atoms with E-state index in [1.54, 1.807) is 11.9 Å². The molecule has 28 heavy (non-hydrogen) atoms. The highest BCUT2D eigenvalue weighted by atomic mass is 16.2. The lowest BCUT2D eigenvalue weighted by Crippen LogP contribution is -2.38. The molecule has 3 aromatic rings. The molecule has 0 saturated carbocycles. The van der Waals surface area contributed by atoms with Crippen LogP contribution in [-0.2, 0) is 17.9 Å². The molecule has 0 saturated heterocycles. The van der Waals surface area contributed by atoms with E-state index in [0.29, 0.717) is 12.1 Å². The Kier molecular flexibility index (Phi) is 5.78. The van der Waals surface area contributed by atoms with E-state index in [1.807, 2.05) is 56.3 Å². The van der Waals surface area contributed by atoms with Gasteiger partial charge in [-0.25, -0.2) is 4.98 Å². The predicted molar refractivity (Wildman–Crippen MR) is 110 cm³/mol. The zero-order valence-electron chi connectivity index (χ0n) is 16.8. The molecule has 0 unspecified atom stereocenters. The van der Waals surface area contributed by atoms with Crippen LogP contribution in [0.15, 0.2) is 42.5 Å². The van der Waals surface area contributed by atoms with Gasteiger partial charge < -0.3 is 14.8 Å². The summed E-state index contributed by atoms with van der Waals surface area (Å²) in [7, 11) is 1.73. The van der Waals surface area contributed by atoms with Crippen molar-refractivity contribution in [2.24, 2.45) is 0 Å². The molecule has 6 nitrogen and oxygen atoms in total. The van der Waals surface area contributed by atoms with E-state index < -0.39 is 0 Å². The quantitative estimate of drug-likeness (QED) is 0.717. The van der Waals surface area contributed by atoms with Crippen LogP contribution in [0, 0.1) is 13.8 Å². The van der Waals surface area contributed by atoms with Gasteiger partial charge in [0, 0.05) is 19.2 Å². The van der Waals surface area contributed by atoms with Crippen LogP contribution in [0.4, 0.5) is 0 Å². The Balaban J connectivity index is 1.64. The molecule has 0 fully saturated rings. The zero-order chi connectivity index (χ0) is 20.3. The van der Waals surface area contributed by atoms with Crippen molar-refractivity contribution in [3.63, 3.8) is 0 Å². The van der Waals surface area contributed by atoms with Gasteiger partial charge in [0.2, 0.25) is 5.91 Å². The van der Waals surface area contributed by atoms with Crippen LogP contribution in [0.25, 0.3) is 11.0 Å². The minimum atomic E-state index is -0.241. The summed E-state index contributed by atoms with van der Waals surface area (Å²) in [5.74, 6) is 0.432. The molecule has 0 aliphatic rings. The second-order valence-corrected chi connectivity index (χ2v) is 7.07. The molecule has 0 atom stereocenters. The Morgan fingerprint density at radius 3 is 2.46 bits per heavy atom. The largest absolute Gasteiger partial charge is 0.343 e. The highest BCUT2D eigenvalue weighted by Gasteiger charge is 2.16. The van der Waals surface area contributed by atoms with Crippen molar-refractivity contribution >= 4 is 22.8 Å². The number of hydrogen-bond acceptors (Lipinski definition) is 3. The Labute approximate surface area is 165 Å². The lowest BCUT2D eigenvalue weighted by atomic mass is 10.1. The van der Waals surface area contributed by atoms with Gasteiger partial charge in [0.1, 0.15) is 5.82 Å². The SMILES string of the molecule is CCn1c(CN(C)C(=O)CNC(=O)c2cc(C)cc(C)c2)nc2ccccc21. The van der Waals surface area contributed by atoms with Crippen LogP contribution in [0.3, 0.4) is 0 Å². The third-order valence-corrected chi connectivity index (χ3v) is 4.74. The molecular weight excluding hydrogens is 352 g/mol. The normalized spacial score (nSPS) is 10.9. The number of hydrogen-bond donors (Lipinski definition) is 1. The number of nitrogens with zero attached hydrogens (tertiary/aromatic N) is 3. The maximum atomic E-state index is 12.5. The minimum Gasteiger partial charge on any atom is -0.343 e. The predicted octanol–water partition coefficient (Wildman–Crippen LogP) is 3.06. The molecule has 1 heterocycles. The van der Waals surface area contributed by atoms with Crippen molar-refractivity contribution in [1.29, 1.82) is 0 Å². The molecule has 0 spiro atoms. The van der Waals surface area contributed by atoms with Crippen LogP contribution in [0.1, 0.15) is 34.2 Å². The summed E-state index contributed by atoms with van der Waals surface area (Å²) in [6.07, 6.45) is 0. The molecule has 3 rings (SSSR count). The van der Waals surface area contributed by atoms with Gasteiger partial charge >= 0.3 is 0 Å². The Hall–Kier alpha value is -3.15. The number of para-hydroxylation sites is 2. The number of nitrogens with one attached hydrogen (secondary N) is 1. The number of amides is 2. The summed E-state index contributed by atoms with van der Waals surface area (Å²) < 4.78 is 2.10. The maximum Gasteiger partial charge on any atom is 0.251 e. The summed E-state index contributed by atoms with van der Waals surface area (Å²) in [6.45, 7) is 7.07.